The number of carbonyl (C=O) groups is 1. The van der Waals surface area contributed by atoms with Crippen molar-refractivity contribution >= 4 is 5.97 Å². The van der Waals surface area contributed by atoms with Gasteiger partial charge in [-0.2, -0.15) is 0 Å². The summed E-state index contributed by atoms with van der Waals surface area (Å²) >= 11 is 0. The molecule has 2 saturated carbocycles. The van der Waals surface area contributed by atoms with Gasteiger partial charge in [-0.3, -0.25) is 4.79 Å². The maximum absolute atomic E-state index is 11.3. The van der Waals surface area contributed by atoms with Crippen molar-refractivity contribution in [2.24, 2.45) is 16.7 Å². The van der Waals surface area contributed by atoms with Gasteiger partial charge >= 0.3 is 5.97 Å². The molecule has 92 valence electrons. The van der Waals surface area contributed by atoms with Gasteiger partial charge in [0.1, 0.15) is 0 Å². The van der Waals surface area contributed by atoms with Gasteiger partial charge in [0, 0.05) is 6.54 Å². The van der Waals surface area contributed by atoms with Gasteiger partial charge in [0.2, 0.25) is 0 Å². The van der Waals surface area contributed by atoms with Crippen molar-refractivity contribution in [3.8, 4) is 0 Å². The number of rotatable bonds is 5. The molecule has 16 heavy (non-hydrogen) atoms. The zero-order chi connectivity index (χ0) is 11.8. The molecular weight excluding hydrogens is 202 g/mol. The molecule has 2 N–H and O–H groups in total. The third kappa shape index (κ3) is 1.97. The topological polar surface area (TPSA) is 49.3 Å². The summed E-state index contributed by atoms with van der Waals surface area (Å²) < 4.78 is 0. The van der Waals surface area contributed by atoms with Crippen LogP contribution in [0.25, 0.3) is 0 Å². The van der Waals surface area contributed by atoms with Gasteiger partial charge in [0.05, 0.1) is 5.41 Å². The van der Waals surface area contributed by atoms with Gasteiger partial charge in [-0.1, -0.05) is 13.8 Å². The van der Waals surface area contributed by atoms with Crippen LogP contribution in [-0.4, -0.2) is 24.2 Å². The Labute approximate surface area is 97.6 Å². The number of hydrogen-bond acceptors (Lipinski definition) is 2. The van der Waals surface area contributed by atoms with E-state index < -0.39 is 5.97 Å². The lowest BCUT2D eigenvalue weighted by molar-refractivity contribution is -0.148. The lowest BCUT2D eigenvalue weighted by atomic mass is 9.82. The smallest absolute Gasteiger partial charge is 0.309 e. The minimum Gasteiger partial charge on any atom is -0.481 e. The van der Waals surface area contributed by atoms with Crippen LogP contribution in [0.2, 0.25) is 0 Å². The van der Waals surface area contributed by atoms with E-state index in [1.807, 2.05) is 0 Å². The van der Waals surface area contributed by atoms with Crippen LogP contribution in [0.15, 0.2) is 0 Å². The lowest BCUT2D eigenvalue weighted by Crippen LogP contribution is -2.32. The fourth-order valence-electron chi connectivity index (χ4n) is 3.49. The lowest BCUT2D eigenvalue weighted by Gasteiger charge is -2.27. The zero-order valence-corrected chi connectivity index (χ0v) is 10.4. The molecular formula is C13H23NO2. The van der Waals surface area contributed by atoms with Gasteiger partial charge in [0.25, 0.3) is 0 Å². The molecule has 0 aliphatic heterocycles. The van der Waals surface area contributed by atoms with Crippen LogP contribution in [0, 0.1) is 16.7 Å². The highest BCUT2D eigenvalue weighted by molar-refractivity contribution is 5.75. The van der Waals surface area contributed by atoms with E-state index in [2.05, 4.69) is 19.2 Å². The van der Waals surface area contributed by atoms with E-state index in [-0.39, 0.29) is 5.41 Å². The summed E-state index contributed by atoms with van der Waals surface area (Å²) in [6.07, 6.45) is 4.90. The predicted octanol–water partition coefficient (Wildman–Crippen LogP) is 2.27. The minimum absolute atomic E-state index is 0.299. The van der Waals surface area contributed by atoms with Gasteiger partial charge in [0.15, 0.2) is 0 Å². The van der Waals surface area contributed by atoms with Gasteiger partial charge in [-0.15, -0.1) is 0 Å². The average molecular weight is 225 g/mol. The Morgan fingerprint density at radius 3 is 2.38 bits per heavy atom. The molecule has 2 fully saturated rings. The van der Waals surface area contributed by atoms with E-state index in [1.54, 1.807) is 0 Å². The van der Waals surface area contributed by atoms with Crippen LogP contribution < -0.4 is 5.32 Å². The first-order chi connectivity index (χ1) is 7.48. The fourth-order valence-corrected chi connectivity index (χ4v) is 3.49. The Bertz CT molecular complexity index is 278. The van der Waals surface area contributed by atoms with E-state index in [9.17, 15) is 9.90 Å². The van der Waals surface area contributed by atoms with Crippen molar-refractivity contribution in [3.05, 3.63) is 0 Å². The Morgan fingerprint density at radius 1 is 1.31 bits per heavy atom. The molecule has 2 rings (SSSR count). The van der Waals surface area contributed by atoms with Crippen molar-refractivity contribution in [1.29, 1.82) is 0 Å². The molecule has 0 aromatic rings. The van der Waals surface area contributed by atoms with Crippen molar-refractivity contribution in [2.45, 2.75) is 46.0 Å². The number of carboxylic acids is 1. The Hall–Kier alpha value is -0.570. The quantitative estimate of drug-likeness (QED) is 0.754. The average Bonchev–Trinajstić information content (AvgIpc) is 2.74. The van der Waals surface area contributed by atoms with E-state index in [0.717, 1.165) is 45.2 Å². The molecule has 2 aliphatic carbocycles. The molecule has 0 heterocycles. The number of fused-ring (bicyclic) bond motifs is 2. The highest BCUT2D eigenvalue weighted by Gasteiger charge is 2.57. The molecule has 0 spiro atoms. The maximum atomic E-state index is 11.3. The van der Waals surface area contributed by atoms with Gasteiger partial charge in [-0.25, -0.2) is 0 Å². The molecule has 0 atom stereocenters. The van der Waals surface area contributed by atoms with Crippen LogP contribution in [-0.2, 0) is 4.79 Å². The maximum Gasteiger partial charge on any atom is 0.309 e. The highest BCUT2D eigenvalue weighted by atomic mass is 16.4. The van der Waals surface area contributed by atoms with Gasteiger partial charge < -0.3 is 10.4 Å². The Kier molecular flexibility index (Phi) is 2.99. The largest absolute Gasteiger partial charge is 0.481 e. The van der Waals surface area contributed by atoms with Crippen LogP contribution in [0.3, 0.4) is 0 Å². The highest BCUT2D eigenvalue weighted by Crippen LogP contribution is 2.61. The molecule has 0 saturated heterocycles. The number of nitrogens with one attached hydrogen (secondary N) is 1. The summed E-state index contributed by atoms with van der Waals surface area (Å²) in [5.74, 6) is 0.110. The molecule has 0 amide bonds. The fraction of sp³-hybridized carbons (Fsp3) is 0.923. The van der Waals surface area contributed by atoms with Crippen LogP contribution >= 0.6 is 0 Å². The van der Waals surface area contributed by atoms with E-state index in [1.165, 1.54) is 0 Å². The molecule has 0 radical (unpaired) electrons. The predicted molar refractivity (Wildman–Crippen MR) is 63.3 cm³/mol. The van der Waals surface area contributed by atoms with Gasteiger partial charge in [-0.05, 0) is 50.0 Å². The number of carboxylic acid groups (broad SMARTS) is 1. The molecule has 2 bridgehead atoms. The normalized spacial score (nSPS) is 37.2. The first kappa shape index (κ1) is 11.9. The van der Waals surface area contributed by atoms with E-state index in [0.29, 0.717) is 11.3 Å². The second-order valence-corrected chi connectivity index (χ2v) is 6.29. The standard InChI is InChI=1S/C13H23NO2/c1-10(2)7-14-9-12-3-5-13(8-12,6-4-12)11(15)16/h10,14H,3-9H2,1-2H3,(H,15,16). The van der Waals surface area contributed by atoms with E-state index in [4.69, 9.17) is 0 Å². The first-order valence-electron chi connectivity index (χ1n) is 6.42. The summed E-state index contributed by atoms with van der Waals surface area (Å²) in [7, 11) is 0. The second-order valence-electron chi connectivity index (χ2n) is 6.29. The van der Waals surface area contributed by atoms with Crippen molar-refractivity contribution in [2.75, 3.05) is 13.1 Å². The number of aliphatic carboxylic acids is 1. The third-order valence-electron chi connectivity index (χ3n) is 4.49. The van der Waals surface area contributed by atoms with Crippen LogP contribution in [0.5, 0.6) is 0 Å². The summed E-state index contributed by atoms with van der Waals surface area (Å²) in [5, 5.41) is 12.8. The molecule has 3 nitrogen and oxygen atoms in total. The minimum atomic E-state index is -0.560. The SMILES string of the molecule is CC(C)CNCC12CCC(C(=O)O)(CC1)C2. The molecule has 0 aromatic heterocycles. The molecule has 0 unspecified atom stereocenters. The molecule has 3 heteroatoms. The summed E-state index contributed by atoms with van der Waals surface area (Å²) in [5.41, 5.74) is -0.0627. The summed E-state index contributed by atoms with van der Waals surface area (Å²) in [4.78, 5) is 11.3. The Morgan fingerprint density at radius 2 is 1.94 bits per heavy atom. The summed E-state index contributed by atoms with van der Waals surface area (Å²) in [6, 6.07) is 0. The van der Waals surface area contributed by atoms with Crippen molar-refractivity contribution in [1.82, 2.24) is 5.32 Å². The van der Waals surface area contributed by atoms with Crippen molar-refractivity contribution < 1.29 is 9.90 Å². The zero-order valence-electron chi connectivity index (χ0n) is 10.4. The molecule has 0 aromatic carbocycles. The monoisotopic (exact) mass is 225 g/mol. The van der Waals surface area contributed by atoms with Crippen molar-refractivity contribution in [3.63, 3.8) is 0 Å². The first-order valence-corrected chi connectivity index (χ1v) is 6.42. The van der Waals surface area contributed by atoms with E-state index >= 15 is 0 Å². The van der Waals surface area contributed by atoms with Crippen LogP contribution in [0.4, 0.5) is 0 Å². The molecule has 2 aliphatic rings. The third-order valence-corrected chi connectivity index (χ3v) is 4.49. The Balaban J connectivity index is 1.90. The number of hydrogen-bond donors (Lipinski definition) is 2. The summed E-state index contributed by atoms with van der Waals surface area (Å²) in [6.45, 7) is 6.47. The second kappa shape index (κ2) is 4.02. The van der Waals surface area contributed by atoms with Crippen LogP contribution in [0.1, 0.15) is 46.0 Å².